The molecule has 6 nitrogen and oxygen atoms in total. The molecule has 0 unspecified atom stereocenters. The minimum atomic E-state index is -1.00. The first-order valence-corrected chi connectivity index (χ1v) is 6.27. The summed E-state index contributed by atoms with van der Waals surface area (Å²) in [5, 5.41) is 9.08. The highest BCUT2D eigenvalue weighted by molar-refractivity contribution is 5.88. The van der Waals surface area contributed by atoms with Gasteiger partial charge in [-0.3, -0.25) is 4.98 Å². The van der Waals surface area contributed by atoms with E-state index in [1.807, 2.05) is 30.1 Å². The molecule has 0 fully saturated rings. The lowest BCUT2D eigenvalue weighted by molar-refractivity contribution is 0.0693. The van der Waals surface area contributed by atoms with Crippen LogP contribution in [-0.2, 0) is 13.0 Å². The van der Waals surface area contributed by atoms with Crippen molar-refractivity contribution in [3.63, 3.8) is 0 Å². The zero-order valence-corrected chi connectivity index (χ0v) is 11.2. The monoisotopic (exact) mass is 272 g/mol. The molecule has 0 aliphatic heterocycles. The predicted molar refractivity (Wildman–Crippen MR) is 73.3 cm³/mol. The number of aromatic carboxylic acids is 1. The van der Waals surface area contributed by atoms with Crippen LogP contribution in [0.5, 0.6) is 0 Å². The highest BCUT2D eigenvalue weighted by atomic mass is 16.4. The van der Waals surface area contributed by atoms with Gasteiger partial charge in [-0.05, 0) is 19.2 Å². The van der Waals surface area contributed by atoms with Crippen LogP contribution in [0.3, 0.4) is 0 Å². The molecule has 0 aromatic carbocycles. The quantitative estimate of drug-likeness (QED) is 0.852. The molecule has 0 saturated heterocycles. The number of aromatic nitrogens is 3. The molecule has 2 aromatic rings. The first-order chi connectivity index (χ1) is 9.66. The van der Waals surface area contributed by atoms with Gasteiger partial charge in [-0.25, -0.2) is 14.8 Å². The summed E-state index contributed by atoms with van der Waals surface area (Å²) in [6.07, 6.45) is 5.28. The normalized spacial score (nSPS) is 10.7. The van der Waals surface area contributed by atoms with Gasteiger partial charge in [0, 0.05) is 37.6 Å². The van der Waals surface area contributed by atoms with E-state index in [2.05, 4.69) is 15.0 Å². The third kappa shape index (κ3) is 3.83. The molecule has 0 atom stereocenters. The molecule has 6 heteroatoms. The van der Waals surface area contributed by atoms with Crippen molar-refractivity contribution in [3.05, 3.63) is 53.9 Å². The van der Waals surface area contributed by atoms with Crippen molar-refractivity contribution in [2.75, 3.05) is 13.6 Å². The molecule has 0 radical (unpaired) electrons. The van der Waals surface area contributed by atoms with Crippen molar-refractivity contribution in [1.82, 2.24) is 19.9 Å². The van der Waals surface area contributed by atoms with Gasteiger partial charge in [-0.15, -0.1) is 0 Å². The zero-order valence-electron chi connectivity index (χ0n) is 11.2. The third-order valence-corrected chi connectivity index (χ3v) is 2.92. The molecular formula is C14H16N4O2. The van der Waals surface area contributed by atoms with Crippen molar-refractivity contribution in [2.45, 2.75) is 13.0 Å². The van der Waals surface area contributed by atoms with Crippen LogP contribution in [-0.4, -0.2) is 44.5 Å². The van der Waals surface area contributed by atoms with Crippen LogP contribution in [0.2, 0.25) is 0 Å². The Labute approximate surface area is 117 Å². The minimum absolute atomic E-state index is 0.150. The Morgan fingerprint density at radius 1 is 1.35 bits per heavy atom. The van der Waals surface area contributed by atoms with E-state index in [1.54, 1.807) is 6.20 Å². The van der Waals surface area contributed by atoms with Crippen LogP contribution in [0, 0.1) is 0 Å². The number of rotatable bonds is 6. The first kappa shape index (κ1) is 14.1. The van der Waals surface area contributed by atoms with Crippen LogP contribution >= 0.6 is 0 Å². The lowest BCUT2D eigenvalue weighted by Crippen LogP contribution is -2.23. The molecule has 0 aliphatic rings. The standard InChI is InChI=1S/C14H16N4O2/c1-18(7-5-11-4-2-3-6-16-11)9-13-12(14(19)20)8-15-10-17-13/h2-4,6,8,10H,5,7,9H2,1H3,(H,19,20). The van der Waals surface area contributed by atoms with Crippen molar-refractivity contribution in [3.8, 4) is 0 Å². The van der Waals surface area contributed by atoms with Gasteiger partial charge in [0.25, 0.3) is 0 Å². The van der Waals surface area contributed by atoms with E-state index >= 15 is 0 Å². The Morgan fingerprint density at radius 2 is 2.20 bits per heavy atom. The van der Waals surface area contributed by atoms with Gasteiger partial charge < -0.3 is 10.0 Å². The Bertz CT molecular complexity index is 574. The lowest BCUT2D eigenvalue weighted by atomic mass is 10.2. The fourth-order valence-electron chi connectivity index (χ4n) is 1.85. The second-order valence-corrected chi connectivity index (χ2v) is 4.50. The van der Waals surface area contributed by atoms with Crippen LogP contribution in [0.15, 0.2) is 36.9 Å². The summed E-state index contributed by atoms with van der Waals surface area (Å²) in [5.74, 6) is -1.00. The van der Waals surface area contributed by atoms with Crippen LogP contribution in [0.4, 0.5) is 0 Å². The van der Waals surface area contributed by atoms with Gasteiger partial charge in [-0.2, -0.15) is 0 Å². The molecule has 2 rings (SSSR count). The minimum Gasteiger partial charge on any atom is -0.478 e. The van der Waals surface area contributed by atoms with Crippen molar-refractivity contribution >= 4 is 5.97 Å². The van der Waals surface area contributed by atoms with Gasteiger partial charge >= 0.3 is 5.97 Å². The van der Waals surface area contributed by atoms with Crippen molar-refractivity contribution in [2.24, 2.45) is 0 Å². The zero-order chi connectivity index (χ0) is 14.4. The number of hydrogen-bond donors (Lipinski definition) is 1. The summed E-state index contributed by atoms with van der Waals surface area (Å²) in [4.78, 5) is 25.1. The maximum atomic E-state index is 11.1. The molecule has 0 saturated carbocycles. The molecular weight excluding hydrogens is 256 g/mol. The number of nitrogens with zero attached hydrogens (tertiary/aromatic N) is 4. The topological polar surface area (TPSA) is 79.2 Å². The smallest absolute Gasteiger partial charge is 0.339 e. The summed E-state index contributed by atoms with van der Waals surface area (Å²) in [5.41, 5.74) is 1.69. The number of pyridine rings is 1. The van der Waals surface area contributed by atoms with Gasteiger partial charge in [0.2, 0.25) is 0 Å². The summed E-state index contributed by atoms with van der Waals surface area (Å²) in [7, 11) is 1.93. The summed E-state index contributed by atoms with van der Waals surface area (Å²) >= 11 is 0. The highest BCUT2D eigenvalue weighted by Crippen LogP contribution is 2.07. The molecule has 0 aliphatic carbocycles. The fraction of sp³-hybridized carbons (Fsp3) is 0.286. The van der Waals surface area contributed by atoms with Gasteiger partial charge in [0.15, 0.2) is 0 Å². The number of likely N-dealkylation sites (N-methyl/N-ethyl adjacent to an activating group) is 1. The van der Waals surface area contributed by atoms with Crippen LogP contribution in [0.1, 0.15) is 21.7 Å². The Balaban J connectivity index is 1.95. The molecule has 2 aromatic heterocycles. The maximum absolute atomic E-state index is 11.1. The lowest BCUT2D eigenvalue weighted by Gasteiger charge is -2.16. The van der Waals surface area contributed by atoms with Gasteiger partial charge in [0.05, 0.1) is 5.69 Å². The van der Waals surface area contributed by atoms with Crippen molar-refractivity contribution < 1.29 is 9.90 Å². The Hall–Kier alpha value is -2.34. The van der Waals surface area contributed by atoms with Gasteiger partial charge in [0.1, 0.15) is 11.9 Å². The average molecular weight is 272 g/mol. The number of hydrogen-bond acceptors (Lipinski definition) is 5. The molecule has 104 valence electrons. The Morgan fingerprint density at radius 3 is 2.90 bits per heavy atom. The van der Waals surface area contributed by atoms with Crippen molar-refractivity contribution in [1.29, 1.82) is 0 Å². The number of carbonyl (C=O) groups is 1. The van der Waals surface area contributed by atoms with E-state index in [0.717, 1.165) is 18.7 Å². The average Bonchev–Trinajstić information content (AvgIpc) is 2.46. The number of carboxylic acid groups (broad SMARTS) is 1. The van der Waals surface area contributed by atoms with E-state index in [0.29, 0.717) is 12.2 Å². The highest BCUT2D eigenvalue weighted by Gasteiger charge is 2.13. The SMILES string of the molecule is CN(CCc1ccccn1)Cc1ncncc1C(=O)O. The van der Waals surface area contributed by atoms with Crippen LogP contribution < -0.4 is 0 Å². The largest absolute Gasteiger partial charge is 0.478 e. The van der Waals surface area contributed by atoms with E-state index < -0.39 is 5.97 Å². The third-order valence-electron chi connectivity index (χ3n) is 2.92. The fourth-order valence-corrected chi connectivity index (χ4v) is 1.85. The second-order valence-electron chi connectivity index (χ2n) is 4.50. The summed E-state index contributed by atoms with van der Waals surface area (Å²) in [6.45, 7) is 1.25. The summed E-state index contributed by atoms with van der Waals surface area (Å²) < 4.78 is 0. The van der Waals surface area contributed by atoms with Crippen LogP contribution in [0.25, 0.3) is 0 Å². The number of carboxylic acids is 1. The first-order valence-electron chi connectivity index (χ1n) is 6.27. The van der Waals surface area contributed by atoms with E-state index in [9.17, 15) is 4.79 Å². The molecule has 0 amide bonds. The maximum Gasteiger partial charge on any atom is 0.339 e. The molecule has 2 heterocycles. The van der Waals surface area contributed by atoms with E-state index in [4.69, 9.17) is 5.11 Å². The molecule has 0 bridgehead atoms. The van der Waals surface area contributed by atoms with Gasteiger partial charge in [-0.1, -0.05) is 6.07 Å². The molecule has 0 spiro atoms. The Kier molecular flexibility index (Phi) is 4.73. The van der Waals surface area contributed by atoms with E-state index in [1.165, 1.54) is 12.5 Å². The molecule has 1 N–H and O–H groups in total. The molecule has 20 heavy (non-hydrogen) atoms. The second kappa shape index (κ2) is 6.72. The summed E-state index contributed by atoms with van der Waals surface area (Å²) in [6, 6.07) is 5.81. The predicted octanol–water partition coefficient (Wildman–Crippen LogP) is 1.24. The van der Waals surface area contributed by atoms with E-state index in [-0.39, 0.29) is 5.56 Å².